The van der Waals surface area contributed by atoms with Gasteiger partial charge in [-0.1, -0.05) is 18.2 Å². The maximum Gasteiger partial charge on any atom is 0.374 e. The van der Waals surface area contributed by atoms with E-state index in [0.717, 1.165) is 10.3 Å². The Morgan fingerprint density at radius 1 is 1.06 bits per heavy atom. The van der Waals surface area contributed by atoms with Crippen LogP contribution in [0.4, 0.5) is 0 Å². The van der Waals surface area contributed by atoms with Crippen LogP contribution in [0.1, 0.15) is 28.9 Å². The van der Waals surface area contributed by atoms with E-state index in [9.17, 15) is 13.2 Å². The van der Waals surface area contributed by atoms with Gasteiger partial charge in [0.05, 0.1) is 17.0 Å². The van der Waals surface area contributed by atoms with Gasteiger partial charge in [-0.25, -0.2) is 17.2 Å². The summed E-state index contributed by atoms with van der Waals surface area (Å²) in [5.74, 6) is 0.0198. The van der Waals surface area contributed by atoms with Gasteiger partial charge in [0.2, 0.25) is 5.76 Å². The standard InChI is InChI=1S/C23H21NO5S2/c1-3-28-23(25)22-12-9-18(29-22)15-17-13-16-14-19(30-2)10-11-21(16)24(17)31(26,27)20-7-5-4-6-8-20/h4-14H,3,15H2,1-2H3. The van der Waals surface area contributed by atoms with Crippen LogP contribution in [0.3, 0.4) is 0 Å². The smallest absolute Gasteiger partial charge is 0.374 e. The van der Waals surface area contributed by atoms with Gasteiger partial charge in [0.1, 0.15) is 5.76 Å². The van der Waals surface area contributed by atoms with Gasteiger partial charge in [0.25, 0.3) is 10.0 Å². The molecule has 0 radical (unpaired) electrons. The zero-order valence-electron chi connectivity index (χ0n) is 17.1. The fourth-order valence-electron chi connectivity index (χ4n) is 3.42. The molecular formula is C23H21NO5S2. The predicted molar refractivity (Wildman–Crippen MR) is 120 cm³/mol. The lowest BCUT2D eigenvalue weighted by Crippen LogP contribution is -2.15. The van der Waals surface area contributed by atoms with Gasteiger partial charge in [-0.2, -0.15) is 0 Å². The topological polar surface area (TPSA) is 78.5 Å². The Hall–Kier alpha value is -2.97. The molecule has 31 heavy (non-hydrogen) atoms. The van der Waals surface area contributed by atoms with Crippen molar-refractivity contribution in [1.82, 2.24) is 3.97 Å². The summed E-state index contributed by atoms with van der Waals surface area (Å²) in [4.78, 5) is 13.2. The minimum absolute atomic E-state index is 0.0927. The second kappa shape index (κ2) is 8.64. The Balaban J connectivity index is 1.83. The van der Waals surface area contributed by atoms with Gasteiger partial charge in [-0.05, 0) is 61.7 Å². The summed E-state index contributed by atoms with van der Waals surface area (Å²) in [6, 6.07) is 19.1. The summed E-state index contributed by atoms with van der Waals surface area (Å²) in [5, 5.41) is 0.818. The highest BCUT2D eigenvalue weighted by molar-refractivity contribution is 7.98. The molecule has 4 rings (SSSR count). The minimum Gasteiger partial charge on any atom is -0.460 e. The van der Waals surface area contributed by atoms with Gasteiger partial charge in [0, 0.05) is 22.4 Å². The SMILES string of the molecule is CCOC(=O)c1ccc(Cc2cc3cc(SC)ccc3n2S(=O)(=O)c2ccccc2)o1. The molecule has 0 fully saturated rings. The molecule has 0 unspecified atom stereocenters. The van der Waals surface area contributed by atoms with E-state index in [1.165, 1.54) is 10.0 Å². The van der Waals surface area contributed by atoms with Crippen LogP contribution in [0.2, 0.25) is 0 Å². The normalized spacial score (nSPS) is 11.7. The summed E-state index contributed by atoms with van der Waals surface area (Å²) in [6.45, 7) is 1.97. The first-order chi connectivity index (χ1) is 14.9. The molecule has 0 aliphatic rings. The van der Waals surface area contributed by atoms with Gasteiger partial charge < -0.3 is 9.15 Å². The van der Waals surface area contributed by atoms with E-state index in [-0.39, 0.29) is 23.7 Å². The Bertz CT molecular complexity index is 1340. The number of hydrogen-bond acceptors (Lipinski definition) is 6. The van der Waals surface area contributed by atoms with Crippen LogP contribution >= 0.6 is 11.8 Å². The van der Waals surface area contributed by atoms with E-state index < -0.39 is 16.0 Å². The number of ether oxygens (including phenoxy) is 1. The van der Waals surface area contributed by atoms with Crippen LogP contribution < -0.4 is 0 Å². The molecule has 6 nitrogen and oxygen atoms in total. The lowest BCUT2D eigenvalue weighted by atomic mass is 10.2. The monoisotopic (exact) mass is 455 g/mol. The highest BCUT2D eigenvalue weighted by atomic mass is 32.2. The van der Waals surface area contributed by atoms with E-state index in [2.05, 4.69) is 0 Å². The molecule has 0 saturated carbocycles. The number of aromatic nitrogens is 1. The van der Waals surface area contributed by atoms with Crippen LogP contribution in [-0.4, -0.2) is 31.2 Å². The van der Waals surface area contributed by atoms with Crippen LogP contribution in [-0.2, 0) is 21.2 Å². The Morgan fingerprint density at radius 2 is 1.84 bits per heavy atom. The van der Waals surface area contributed by atoms with Crippen molar-refractivity contribution in [2.45, 2.75) is 23.1 Å². The lowest BCUT2D eigenvalue weighted by Gasteiger charge is -2.12. The summed E-state index contributed by atoms with van der Waals surface area (Å²) < 4.78 is 39.0. The Labute approximate surface area is 184 Å². The largest absolute Gasteiger partial charge is 0.460 e. The van der Waals surface area contributed by atoms with Crippen LogP contribution in [0.15, 0.2) is 80.9 Å². The van der Waals surface area contributed by atoms with E-state index in [1.54, 1.807) is 55.1 Å². The summed E-state index contributed by atoms with van der Waals surface area (Å²) in [7, 11) is -3.83. The van der Waals surface area contributed by atoms with Gasteiger partial charge >= 0.3 is 5.97 Å². The molecule has 0 amide bonds. The van der Waals surface area contributed by atoms with E-state index in [4.69, 9.17) is 9.15 Å². The molecule has 0 aliphatic heterocycles. The number of fused-ring (bicyclic) bond motifs is 1. The average Bonchev–Trinajstić information content (AvgIpc) is 3.38. The number of nitrogens with zero attached hydrogens (tertiary/aromatic N) is 1. The van der Waals surface area contributed by atoms with Crippen molar-refractivity contribution >= 4 is 38.7 Å². The first-order valence-electron chi connectivity index (χ1n) is 9.69. The van der Waals surface area contributed by atoms with Crippen LogP contribution in [0.5, 0.6) is 0 Å². The van der Waals surface area contributed by atoms with Crippen molar-refractivity contribution in [2.24, 2.45) is 0 Å². The molecule has 0 aliphatic carbocycles. The van der Waals surface area contributed by atoms with E-state index in [1.807, 2.05) is 30.5 Å². The Kier molecular flexibility index (Phi) is 5.93. The molecule has 0 N–H and O–H groups in total. The number of thioether (sulfide) groups is 1. The van der Waals surface area contributed by atoms with Crippen molar-refractivity contribution in [2.75, 3.05) is 12.9 Å². The number of furan rings is 1. The quantitative estimate of drug-likeness (QED) is 0.289. The summed E-state index contributed by atoms with van der Waals surface area (Å²) in [6.07, 6.45) is 2.17. The maximum absolute atomic E-state index is 13.5. The molecule has 0 atom stereocenters. The number of hydrogen-bond donors (Lipinski definition) is 0. The number of carbonyl (C=O) groups is 1. The van der Waals surface area contributed by atoms with E-state index >= 15 is 0 Å². The third kappa shape index (κ3) is 4.13. The first-order valence-corrected chi connectivity index (χ1v) is 12.4. The average molecular weight is 456 g/mol. The molecule has 0 saturated heterocycles. The fourth-order valence-corrected chi connectivity index (χ4v) is 5.43. The fraction of sp³-hybridized carbons (Fsp3) is 0.174. The van der Waals surface area contributed by atoms with Gasteiger partial charge in [0.15, 0.2) is 0 Å². The summed E-state index contributed by atoms with van der Waals surface area (Å²) in [5.41, 5.74) is 1.13. The second-order valence-corrected chi connectivity index (χ2v) is 9.47. The third-order valence-corrected chi connectivity index (χ3v) is 7.32. The molecule has 2 aromatic carbocycles. The zero-order chi connectivity index (χ0) is 22.0. The van der Waals surface area contributed by atoms with Crippen molar-refractivity contribution in [3.8, 4) is 0 Å². The number of rotatable bonds is 7. The highest BCUT2D eigenvalue weighted by Crippen LogP contribution is 2.30. The molecule has 4 aromatic rings. The van der Waals surface area contributed by atoms with Crippen molar-refractivity contribution < 1.29 is 22.4 Å². The second-order valence-electron chi connectivity index (χ2n) is 6.81. The molecular weight excluding hydrogens is 434 g/mol. The van der Waals surface area contributed by atoms with Crippen LogP contribution in [0.25, 0.3) is 10.9 Å². The predicted octanol–water partition coefficient (Wildman–Crippen LogP) is 4.96. The molecule has 8 heteroatoms. The third-order valence-electron chi connectivity index (χ3n) is 4.81. The lowest BCUT2D eigenvalue weighted by molar-refractivity contribution is 0.0488. The summed E-state index contributed by atoms with van der Waals surface area (Å²) >= 11 is 1.59. The highest BCUT2D eigenvalue weighted by Gasteiger charge is 2.24. The number of benzene rings is 2. The van der Waals surface area contributed by atoms with Crippen molar-refractivity contribution in [1.29, 1.82) is 0 Å². The Morgan fingerprint density at radius 3 is 2.55 bits per heavy atom. The maximum atomic E-state index is 13.5. The van der Waals surface area contributed by atoms with Gasteiger partial charge in [-0.15, -0.1) is 11.8 Å². The first kappa shape index (κ1) is 21.3. The molecule has 2 heterocycles. The van der Waals surface area contributed by atoms with Crippen LogP contribution in [0, 0.1) is 0 Å². The minimum atomic E-state index is -3.83. The molecule has 0 bridgehead atoms. The van der Waals surface area contributed by atoms with Crippen molar-refractivity contribution in [3.05, 3.63) is 83.9 Å². The number of carbonyl (C=O) groups excluding carboxylic acids is 1. The molecule has 0 spiro atoms. The van der Waals surface area contributed by atoms with Gasteiger partial charge in [-0.3, -0.25) is 0 Å². The molecule has 2 aromatic heterocycles. The van der Waals surface area contributed by atoms with Crippen molar-refractivity contribution in [3.63, 3.8) is 0 Å². The molecule has 160 valence electrons. The van der Waals surface area contributed by atoms with E-state index in [0.29, 0.717) is 17.0 Å². The number of esters is 1. The zero-order valence-corrected chi connectivity index (χ0v) is 18.7.